The summed E-state index contributed by atoms with van der Waals surface area (Å²) in [6.07, 6.45) is -1.03. The van der Waals surface area contributed by atoms with Crippen LogP contribution in [0.3, 0.4) is 0 Å². The molecule has 7 nitrogen and oxygen atoms in total. The monoisotopic (exact) mass is 592 g/mol. The minimum Gasteiger partial charge on any atom is -0.493 e. The Kier molecular flexibility index (Phi) is 9.15. The molecule has 5 aromatic carbocycles. The van der Waals surface area contributed by atoms with E-state index in [1.54, 1.807) is 21.3 Å². The number of benzene rings is 5. The van der Waals surface area contributed by atoms with Gasteiger partial charge in [-0.05, 0) is 28.0 Å². The van der Waals surface area contributed by atoms with Crippen molar-refractivity contribution in [3.63, 3.8) is 0 Å². The van der Waals surface area contributed by atoms with Gasteiger partial charge in [0.1, 0.15) is 11.5 Å². The van der Waals surface area contributed by atoms with Crippen molar-refractivity contribution in [2.24, 2.45) is 0 Å². The van der Waals surface area contributed by atoms with Crippen LogP contribution in [-0.4, -0.2) is 46.8 Å². The van der Waals surface area contributed by atoms with E-state index >= 15 is 0 Å². The summed E-state index contributed by atoms with van der Waals surface area (Å²) in [5.41, 5.74) is 3.71. The zero-order valence-corrected chi connectivity index (χ0v) is 25.2. The van der Waals surface area contributed by atoms with E-state index in [4.69, 9.17) is 33.2 Å². The largest absolute Gasteiger partial charge is 0.493 e. The van der Waals surface area contributed by atoms with Crippen LogP contribution in [0.2, 0.25) is 0 Å². The average molecular weight is 593 g/mol. The third-order valence-corrected chi connectivity index (χ3v) is 7.69. The highest BCUT2D eigenvalue weighted by atomic mass is 16.6. The molecule has 226 valence electrons. The van der Waals surface area contributed by atoms with Crippen LogP contribution < -0.4 is 23.7 Å². The smallest absolute Gasteiger partial charge is 0.204 e. The lowest BCUT2D eigenvalue weighted by molar-refractivity contribution is -0.0552. The Hall–Kier alpha value is -4.72. The lowest BCUT2D eigenvalue weighted by atomic mass is 9.94. The van der Waals surface area contributed by atoms with Crippen molar-refractivity contribution >= 4 is 10.8 Å². The van der Waals surface area contributed by atoms with E-state index in [9.17, 15) is 0 Å². The topological polar surface area (TPSA) is 64.6 Å². The summed E-state index contributed by atoms with van der Waals surface area (Å²) in [5.74, 6) is 2.70. The van der Waals surface area contributed by atoms with Crippen LogP contribution >= 0.6 is 0 Å². The Morgan fingerprint density at radius 3 is 1.70 bits per heavy atom. The Morgan fingerprint density at radius 1 is 0.545 bits per heavy atom. The molecule has 0 aliphatic carbocycles. The van der Waals surface area contributed by atoms with Gasteiger partial charge in [0.2, 0.25) is 5.75 Å². The van der Waals surface area contributed by atoms with E-state index in [1.165, 1.54) is 0 Å². The molecular weight excluding hydrogens is 556 g/mol. The third kappa shape index (κ3) is 6.16. The standard InChI is InChI=1S/C37H36O7/c1-38-31-20-30-35(37(40-3)36(31)39-2)34-28-17-11-10-16-27(28)18-19-29(34)43-32(23-41-21-25-12-6-4-7-13-25)33(44-30)24-42-22-26-14-8-5-9-15-26/h4-20,32-33H,21-24H2,1-3H3/t32-,33-/m1/s1. The summed E-state index contributed by atoms with van der Waals surface area (Å²) >= 11 is 0. The molecule has 0 bridgehead atoms. The number of hydrogen-bond donors (Lipinski definition) is 0. The fraction of sp³-hybridized carbons (Fsp3) is 0.243. The average Bonchev–Trinajstić information content (AvgIpc) is 3.07. The van der Waals surface area contributed by atoms with Gasteiger partial charge in [0.05, 0.1) is 53.3 Å². The van der Waals surface area contributed by atoms with Crippen LogP contribution in [0.1, 0.15) is 11.1 Å². The number of ether oxygens (including phenoxy) is 7. The highest BCUT2D eigenvalue weighted by molar-refractivity contribution is 6.03. The molecule has 0 unspecified atom stereocenters. The van der Waals surface area contributed by atoms with E-state index in [2.05, 4.69) is 18.2 Å². The lowest BCUT2D eigenvalue weighted by Crippen LogP contribution is -2.44. The molecule has 0 N–H and O–H groups in total. The Labute approximate surface area is 257 Å². The summed E-state index contributed by atoms with van der Waals surface area (Å²) in [7, 11) is 4.81. The molecule has 0 radical (unpaired) electrons. The van der Waals surface area contributed by atoms with Crippen molar-refractivity contribution in [2.45, 2.75) is 25.4 Å². The van der Waals surface area contributed by atoms with Crippen LogP contribution in [0, 0.1) is 0 Å². The van der Waals surface area contributed by atoms with Gasteiger partial charge in [0.15, 0.2) is 23.7 Å². The van der Waals surface area contributed by atoms with Crippen molar-refractivity contribution in [2.75, 3.05) is 34.5 Å². The molecule has 44 heavy (non-hydrogen) atoms. The Bertz CT molecular complexity index is 1690. The molecule has 6 rings (SSSR count). The predicted molar refractivity (Wildman–Crippen MR) is 170 cm³/mol. The minimum atomic E-state index is -0.532. The zero-order chi connectivity index (χ0) is 30.3. The maximum atomic E-state index is 6.83. The van der Waals surface area contributed by atoms with E-state index in [0.717, 1.165) is 27.5 Å². The van der Waals surface area contributed by atoms with Gasteiger partial charge in [0.25, 0.3) is 0 Å². The van der Waals surface area contributed by atoms with Gasteiger partial charge in [-0.15, -0.1) is 0 Å². The van der Waals surface area contributed by atoms with Crippen LogP contribution in [0.4, 0.5) is 0 Å². The highest BCUT2D eigenvalue weighted by Crippen LogP contribution is 2.54. The van der Waals surface area contributed by atoms with Crippen LogP contribution in [-0.2, 0) is 22.7 Å². The van der Waals surface area contributed by atoms with E-state index in [-0.39, 0.29) is 13.2 Å². The van der Waals surface area contributed by atoms with Gasteiger partial charge in [0, 0.05) is 11.6 Å². The first kappa shape index (κ1) is 29.4. The maximum absolute atomic E-state index is 6.83. The molecule has 1 aliphatic rings. The lowest BCUT2D eigenvalue weighted by Gasteiger charge is -2.33. The minimum absolute atomic E-state index is 0.257. The van der Waals surface area contributed by atoms with E-state index in [0.29, 0.717) is 47.5 Å². The third-order valence-electron chi connectivity index (χ3n) is 7.69. The second-order valence-electron chi connectivity index (χ2n) is 10.5. The Morgan fingerprint density at radius 2 is 1.11 bits per heavy atom. The van der Waals surface area contributed by atoms with Gasteiger partial charge in [-0.25, -0.2) is 0 Å². The molecule has 0 saturated carbocycles. The van der Waals surface area contributed by atoms with Crippen LogP contribution in [0.15, 0.2) is 103 Å². The molecule has 7 heteroatoms. The first-order valence-electron chi connectivity index (χ1n) is 14.6. The molecule has 0 spiro atoms. The van der Waals surface area contributed by atoms with Gasteiger partial charge >= 0.3 is 0 Å². The summed E-state index contributed by atoms with van der Waals surface area (Å²) in [4.78, 5) is 0. The normalized spacial score (nSPS) is 15.6. The van der Waals surface area contributed by atoms with Crippen molar-refractivity contribution in [3.05, 3.63) is 114 Å². The maximum Gasteiger partial charge on any atom is 0.204 e. The quantitative estimate of drug-likeness (QED) is 0.158. The predicted octanol–water partition coefficient (Wildman–Crippen LogP) is 7.47. The summed E-state index contributed by atoms with van der Waals surface area (Å²) in [5, 5.41) is 2.04. The fourth-order valence-corrected chi connectivity index (χ4v) is 5.57. The van der Waals surface area contributed by atoms with Crippen LogP contribution in [0.5, 0.6) is 28.7 Å². The SMILES string of the molecule is COc1cc2c(c(OC)c1OC)-c1c(ccc3ccccc13)O[C@H](COCc1ccccc1)[C@@H](COCc1ccccc1)O2. The first-order valence-corrected chi connectivity index (χ1v) is 14.6. The number of hydrogen-bond acceptors (Lipinski definition) is 7. The molecule has 0 saturated heterocycles. The van der Waals surface area contributed by atoms with Gasteiger partial charge in [-0.3, -0.25) is 0 Å². The number of methoxy groups -OCH3 is 3. The summed E-state index contributed by atoms with van der Waals surface area (Å²) in [6.45, 7) is 1.41. The molecule has 0 fully saturated rings. The van der Waals surface area contributed by atoms with Gasteiger partial charge in [-0.2, -0.15) is 0 Å². The summed E-state index contributed by atoms with van der Waals surface area (Å²) in [6, 6.07) is 34.2. The molecule has 0 aromatic heterocycles. The first-order chi connectivity index (χ1) is 21.7. The second-order valence-corrected chi connectivity index (χ2v) is 10.5. The fourth-order valence-electron chi connectivity index (χ4n) is 5.57. The molecule has 1 heterocycles. The molecular formula is C37H36O7. The summed E-state index contributed by atoms with van der Waals surface area (Å²) < 4.78 is 43.7. The van der Waals surface area contributed by atoms with Crippen LogP contribution in [0.25, 0.3) is 21.9 Å². The van der Waals surface area contributed by atoms with Gasteiger partial charge < -0.3 is 33.2 Å². The molecule has 1 aliphatic heterocycles. The second kappa shape index (κ2) is 13.7. The Balaban J connectivity index is 1.44. The zero-order valence-electron chi connectivity index (χ0n) is 25.2. The van der Waals surface area contributed by atoms with E-state index < -0.39 is 12.2 Å². The highest BCUT2D eigenvalue weighted by Gasteiger charge is 2.35. The van der Waals surface area contributed by atoms with E-state index in [1.807, 2.05) is 84.9 Å². The molecule has 5 aromatic rings. The number of rotatable bonds is 11. The van der Waals surface area contributed by atoms with Crippen molar-refractivity contribution in [3.8, 4) is 39.9 Å². The van der Waals surface area contributed by atoms with Crippen molar-refractivity contribution in [1.29, 1.82) is 0 Å². The molecule has 0 amide bonds. The van der Waals surface area contributed by atoms with Crippen molar-refractivity contribution in [1.82, 2.24) is 0 Å². The van der Waals surface area contributed by atoms with Gasteiger partial charge in [-0.1, -0.05) is 91.0 Å². The molecule has 2 atom stereocenters. The number of fused-ring (bicyclic) bond motifs is 5. The van der Waals surface area contributed by atoms with Crippen molar-refractivity contribution < 1.29 is 33.2 Å².